The first kappa shape index (κ1) is 58.3. The Morgan fingerprint density at radius 2 is 1.00 bits per heavy atom. The summed E-state index contributed by atoms with van der Waals surface area (Å²) in [7, 11) is 0. The van der Waals surface area contributed by atoms with Crippen LogP contribution in [0.3, 0.4) is 0 Å². The van der Waals surface area contributed by atoms with Crippen LogP contribution in [0.5, 0.6) is 0 Å². The second-order valence-electron chi connectivity index (χ2n) is 0. The molecule has 0 N–H and O–H groups in total. The smallest absolute Gasteiger partial charge is 0.0149 e. The van der Waals surface area contributed by atoms with Gasteiger partial charge in [0.25, 0.3) is 0 Å². The van der Waals surface area contributed by atoms with Crippen LogP contribution in [0.2, 0.25) is 0 Å². The van der Waals surface area contributed by atoms with Crippen molar-refractivity contribution >= 4 is 19.4 Å². The molecule has 0 bridgehead atoms. The molecular weight excluding hydrogens is 153 g/mol. The predicted molar refractivity (Wildman–Crippen MR) is 21.3 cm³/mol. The summed E-state index contributed by atoms with van der Waals surface area (Å²) in [5.41, 5.74) is 0. The van der Waals surface area contributed by atoms with E-state index in [9.17, 15) is 0 Å². The van der Waals surface area contributed by atoms with Gasteiger partial charge in [0, 0.05) is 33.6 Å². The van der Waals surface area contributed by atoms with Gasteiger partial charge in [0.05, 0.1) is 8.41 Å². The van der Waals surface area contributed by atoms with Gasteiger partial charge in [-0.25, -0.2) is 0 Å². The van der Waals surface area contributed by atoms with E-state index in [-0.39, 0.29) is 52.9 Å². The molecule has 0 aromatic carbocycles. The third-order valence-corrected chi connectivity index (χ3v) is 0. The molecule has 0 aromatic heterocycles. The van der Waals surface area contributed by atoms with E-state index in [2.05, 4.69) is 0 Å². The summed E-state index contributed by atoms with van der Waals surface area (Å²) in [6.45, 7) is 0. The van der Waals surface area contributed by atoms with Crippen LogP contribution in [-0.4, -0.2) is 19.4 Å². The Bertz CT molecular complexity index is 8.00. The van der Waals surface area contributed by atoms with Crippen molar-refractivity contribution in [3.05, 3.63) is 0 Å². The van der Waals surface area contributed by atoms with Crippen LogP contribution in [0, 0.1) is 0 Å². The zero-order valence-electron chi connectivity index (χ0n) is 0.670. The fraction of sp³-hybridized carbons (Fsp3) is 0. The molecule has 0 atom stereocenters. The summed E-state index contributed by atoms with van der Waals surface area (Å²) in [6.07, 6.45) is 0. The molecule has 4 heteroatoms. The molecule has 0 nitrogen and oxygen atoms in total. The van der Waals surface area contributed by atoms with Gasteiger partial charge in [-0.15, -0.1) is 0 Å². The van der Waals surface area contributed by atoms with E-state index in [0.29, 0.717) is 0 Å². The molecule has 0 radical (unpaired) electrons. The fourth-order valence-electron chi connectivity index (χ4n) is 0. The van der Waals surface area contributed by atoms with Gasteiger partial charge in [-0.05, 0) is 11.0 Å². The van der Waals surface area contributed by atoms with Crippen molar-refractivity contribution in [2.75, 3.05) is 0 Å². The topological polar surface area (TPSA) is 0 Å². The van der Waals surface area contributed by atoms with Crippen LogP contribution in [0.15, 0.2) is 0 Å². The van der Waals surface area contributed by atoms with Crippen molar-refractivity contribution in [2.24, 2.45) is 0 Å². The first-order valence-corrected chi connectivity index (χ1v) is 0. The molecule has 32 valence electrons. The van der Waals surface area contributed by atoms with Crippen LogP contribution < -0.4 is 0 Å². The van der Waals surface area contributed by atoms with Crippen LogP contribution in [0.4, 0.5) is 0 Å². The van der Waals surface area contributed by atoms with Crippen molar-refractivity contribution in [1.29, 1.82) is 0 Å². The van der Waals surface area contributed by atoms with Crippen molar-refractivity contribution in [3.8, 4) is 0 Å². The molecule has 0 aliphatic heterocycles. The average Bonchev–Trinajstić information content (AvgIpc) is 0. The number of hydrogen-bond acceptors (Lipinski definition) is 0. The Morgan fingerprint density at radius 3 is 1.00 bits per heavy atom. The molecule has 0 amide bonds. The summed E-state index contributed by atoms with van der Waals surface area (Å²) in [5, 5.41) is 0. The molecule has 0 aliphatic carbocycles. The van der Waals surface area contributed by atoms with E-state index in [1.807, 2.05) is 0 Å². The zero-order valence-corrected chi connectivity index (χ0v) is 2.76. The maximum atomic E-state index is 0. The zero-order chi connectivity index (χ0) is 0. The Morgan fingerprint density at radius 1 is 1.00 bits per heavy atom. The van der Waals surface area contributed by atoms with E-state index in [4.69, 9.17) is 0 Å². The standard InChI is InChI=1S/BH3.Fe.Ni.H4Si/h1H3;;;1H4. The third-order valence-electron chi connectivity index (χ3n) is 0. The second-order valence-corrected chi connectivity index (χ2v) is 0. The number of hydrogen-bond donors (Lipinski definition) is 0. The minimum Gasteiger partial charge on any atom is -0.0149 e. The minimum absolute atomic E-state index is 0. The molecule has 0 fully saturated rings. The predicted octanol–water partition coefficient (Wildman–Crippen LogP) is -2.64. The van der Waals surface area contributed by atoms with Crippen molar-refractivity contribution < 1.29 is 33.6 Å². The number of rotatable bonds is 0. The Hall–Kier alpha value is 1.29. The summed E-state index contributed by atoms with van der Waals surface area (Å²) in [6, 6.07) is 0. The summed E-state index contributed by atoms with van der Waals surface area (Å²) >= 11 is 0. The van der Waals surface area contributed by atoms with Crippen LogP contribution in [0.1, 0.15) is 0 Å². The SMILES string of the molecule is B.[Fe].[Ni].[SiH4]. The van der Waals surface area contributed by atoms with Gasteiger partial charge in [-0.2, -0.15) is 0 Å². The quantitative estimate of drug-likeness (QED) is 0.340. The Balaban J connectivity index is 0. The monoisotopic (exact) mass is 160 g/mol. The minimum atomic E-state index is 0. The van der Waals surface area contributed by atoms with Gasteiger partial charge in [0.15, 0.2) is 0 Å². The van der Waals surface area contributed by atoms with E-state index < -0.39 is 0 Å². The maximum absolute atomic E-state index is 0. The summed E-state index contributed by atoms with van der Waals surface area (Å²) in [4.78, 5) is 0. The van der Waals surface area contributed by atoms with E-state index in [1.54, 1.807) is 0 Å². The van der Waals surface area contributed by atoms with E-state index in [1.165, 1.54) is 0 Å². The molecule has 0 saturated heterocycles. The second kappa shape index (κ2) is 27.8. The Kier molecular flexibility index (Phi) is 405. The van der Waals surface area contributed by atoms with Gasteiger partial charge in [0.1, 0.15) is 0 Å². The Labute approximate surface area is 53.1 Å². The van der Waals surface area contributed by atoms with E-state index >= 15 is 0 Å². The van der Waals surface area contributed by atoms with Crippen molar-refractivity contribution in [1.82, 2.24) is 0 Å². The molecule has 0 aliphatic rings. The molecule has 0 unspecified atom stereocenters. The van der Waals surface area contributed by atoms with Gasteiger partial charge in [0.2, 0.25) is 0 Å². The van der Waals surface area contributed by atoms with Gasteiger partial charge in [-0.3, -0.25) is 0 Å². The first-order chi connectivity index (χ1) is 0. The van der Waals surface area contributed by atoms with Crippen molar-refractivity contribution in [2.45, 2.75) is 0 Å². The summed E-state index contributed by atoms with van der Waals surface area (Å²) in [5.74, 6) is 0. The molecule has 0 heterocycles. The molecular formula is H7BFeNiSi. The molecule has 0 saturated carbocycles. The van der Waals surface area contributed by atoms with Crippen LogP contribution in [0.25, 0.3) is 0 Å². The average molecular weight is 160 g/mol. The normalized spacial score (nSPS) is 0. The molecule has 4 heavy (non-hydrogen) atoms. The molecule has 0 spiro atoms. The van der Waals surface area contributed by atoms with Gasteiger partial charge in [-0.1, -0.05) is 0 Å². The molecule has 0 aromatic rings. The summed E-state index contributed by atoms with van der Waals surface area (Å²) < 4.78 is 0. The van der Waals surface area contributed by atoms with Crippen molar-refractivity contribution in [3.63, 3.8) is 0 Å². The first-order valence-electron chi connectivity index (χ1n) is 0. The van der Waals surface area contributed by atoms with Gasteiger partial charge >= 0.3 is 0 Å². The van der Waals surface area contributed by atoms with Crippen LogP contribution >= 0.6 is 0 Å². The molecule has 0 rings (SSSR count). The largest absolute Gasteiger partial charge is 0.0814 e. The van der Waals surface area contributed by atoms with E-state index in [0.717, 1.165) is 0 Å². The third kappa shape index (κ3) is 10.3. The van der Waals surface area contributed by atoms with Gasteiger partial charge < -0.3 is 0 Å². The fourth-order valence-corrected chi connectivity index (χ4v) is 0. The maximum Gasteiger partial charge on any atom is 0.0814 e. The van der Waals surface area contributed by atoms with Crippen LogP contribution in [-0.2, 0) is 33.6 Å².